The van der Waals surface area contributed by atoms with Gasteiger partial charge in [-0.25, -0.2) is 4.39 Å². The normalized spacial score (nSPS) is 16.1. The molecule has 0 radical (unpaired) electrons. The van der Waals surface area contributed by atoms with Crippen molar-refractivity contribution in [3.63, 3.8) is 0 Å². The fraction of sp³-hybridized carbons (Fsp3) is 0.375. The van der Waals surface area contributed by atoms with Gasteiger partial charge in [-0.2, -0.15) is 0 Å². The number of benzene rings is 1. The van der Waals surface area contributed by atoms with Crippen LogP contribution in [0.4, 0.5) is 10.1 Å². The molecule has 1 fully saturated rings. The second kappa shape index (κ2) is 5.54. The van der Waals surface area contributed by atoms with Gasteiger partial charge >= 0.3 is 0 Å². The summed E-state index contributed by atoms with van der Waals surface area (Å²) in [6.45, 7) is 2.40. The van der Waals surface area contributed by atoms with Crippen LogP contribution in [-0.2, 0) is 6.54 Å². The molecule has 2 nitrogen and oxygen atoms in total. The van der Waals surface area contributed by atoms with E-state index < -0.39 is 6.10 Å². The van der Waals surface area contributed by atoms with E-state index >= 15 is 0 Å². The predicted molar refractivity (Wildman–Crippen MR) is 80.6 cm³/mol. The van der Waals surface area contributed by atoms with Crippen LogP contribution in [0, 0.1) is 5.82 Å². The maximum absolute atomic E-state index is 14.3. The minimum absolute atomic E-state index is 0.244. The topological polar surface area (TPSA) is 23.5 Å². The monoisotopic (exact) mass is 291 g/mol. The van der Waals surface area contributed by atoms with Gasteiger partial charge in [0.15, 0.2) is 0 Å². The molecule has 1 aliphatic rings. The predicted octanol–water partition coefficient (Wildman–Crippen LogP) is 4.11. The molecule has 1 atom stereocenters. The van der Waals surface area contributed by atoms with Gasteiger partial charge < -0.3 is 10.0 Å². The molecule has 0 aliphatic heterocycles. The van der Waals surface area contributed by atoms with Crippen molar-refractivity contribution < 1.29 is 9.50 Å². The van der Waals surface area contributed by atoms with Gasteiger partial charge in [-0.1, -0.05) is 18.2 Å². The molecule has 0 bridgehead atoms. The second-order valence-electron chi connectivity index (χ2n) is 5.29. The van der Waals surface area contributed by atoms with Crippen molar-refractivity contribution in [2.75, 3.05) is 4.90 Å². The molecule has 1 aromatic heterocycles. The van der Waals surface area contributed by atoms with Crippen LogP contribution in [0.2, 0.25) is 0 Å². The smallest absolute Gasteiger partial charge is 0.146 e. The summed E-state index contributed by atoms with van der Waals surface area (Å²) in [5.41, 5.74) is 1.24. The Balaban J connectivity index is 1.99. The third kappa shape index (κ3) is 2.72. The number of para-hydroxylation sites is 1. The van der Waals surface area contributed by atoms with Crippen LogP contribution < -0.4 is 4.90 Å². The van der Waals surface area contributed by atoms with Gasteiger partial charge in [-0.3, -0.25) is 0 Å². The van der Waals surface area contributed by atoms with E-state index in [0.717, 1.165) is 12.8 Å². The van der Waals surface area contributed by atoms with Gasteiger partial charge in [0.25, 0.3) is 0 Å². The number of hydrogen-bond donors (Lipinski definition) is 1. The van der Waals surface area contributed by atoms with Crippen LogP contribution in [0.3, 0.4) is 0 Å². The lowest BCUT2D eigenvalue weighted by Crippen LogP contribution is -2.27. The van der Waals surface area contributed by atoms with E-state index in [9.17, 15) is 9.50 Å². The van der Waals surface area contributed by atoms with Crippen LogP contribution >= 0.6 is 11.3 Å². The average Bonchev–Trinajstić information content (AvgIpc) is 3.13. The maximum Gasteiger partial charge on any atom is 0.146 e. The van der Waals surface area contributed by atoms with E-state index in [1.807, 2.05) is 17.5 Å². The third-order valence-corrected chi connectivity index (χ3v) is 4.51. The fourth-order valence-electron chi connectivity index (χ4n) is 2.52. The zero-order valence-corrected chi connectivity index (χ0v) is 12.2. The molecular formula is C16H18FNOS. The molecule has 2 aromatic rings. The summed E-state index contributed by atoms with van der Waals surface area (Å²) in [5.74, 6) is -0.244. The molecule has 1 aliphatic carbocycles. The molecule has 1 aromatic carbocycles. The Hall–Kier alpha value is -1.39. The van der Waals surface area contributed by atoms with Gasteiger partial charge in [0.1, 0.15) is 5.82 Å². The van der Waals surface area contributed by atoms with Gasteiger partial charge in [-0.15, -0.1) is 11.3 Å². The highest BCUT2D eigenvalue weighted by atomic mass is 32.1. The number of anilines is 1. The summed E-state index contributed by atoms with van der Waals surface area (Å²) >= 11 is 1.68. The first-order valence-corrected chi connectivity index (χ1v) is 7.80. The van der Waals surface area contributed by atoms with Gasteiger partial charge in [0, 0.05) is 16.5 Å². The molecule has 4 heteroatoms. The zero-order chi connectivity index (χ0) is 14.1. The minimum Gasteiger partial charge on any atom is -0.389 e. The highest BCUT2D eigenvalue weighted by Crippen LogP contribution is 2.38. The van der Waals surface area contributed by atoms with Crippen LogP contribution in [0.25, 0.3) is 0 Å². The molecule has 0 saturated heterocycles. The summed E-state index contributed by atoms with van der Waals surface area (Å²) in [6.07, 6.45) is 1.53. The average molecular weight is 291 g/mol. The van der Waals surface area contributed by atoms with E-state index in [1.165, 1.54) is 10.9 Å². The van der Waals surface area contributed by atoms with Crippen LogP contribution in [0.1, 0.15) is 36.3 Å². The Morgan fingerprint density at radius 1 is 1.35 bits per heavy atom. The van der Waals surface area contributed by atoms with E-state index in [2.05, 4.69) is 11.0 Å². The summed E-state index contributed by atoms with van der Waals surface area (Å²) in [6, 6.07) is 9.44. The first-order chi connectivity index (χ1) is 9.66. The number of thiophene rings is 1. The summed E-state index contributed by atoms with van der Waals surface area (Å²) in [5, 5.41) is 12.0. The lowest BCUT2D eigenvalue weighted by molar-refractivity contribution is 0.199. The quantitative estimate of drug-likeness (QED) is 0.896. The van der Waals surface area contributed by atoms with E-state index in [1.54, 1.807) is 24.3 Å². The summed E-state index contributed by atoms with van der Waals surface area (Å²) < 4.78 is 14.3. The summed E-state index contributed by atoms with van der Waals surface area (Å²) in [4.78, 5) is 3.33. The van der Waals surface area contributed by atoms with E-state index in [4.69, 9.17) is 0 Å². The zero-order valence-electron chi connectivity index (χ0n) is 11.4. The third-order valence-electron chi connectivity index (χ3n) is 3.65. The number of aliphatic hydroxyl groups is 1. The first kappa shape index (κ1) is 13.6. The largest absolute Gasteiger partial charge is 0.389 e. The lowest BCUT2D eigenvalue weighted by atomic mass is 10.1. The van der Waals surface area contributed by atoms with Crippen LogP contribution in [-0.4, -0.2) is 11.1 Å². The Morgan fingerprint density at radius 3 is 2.75 bits per heavy atom. The highest BCUT2D eigenvalue weighted by molar-refractivity contribution is 7.09. The van der Waals surface area contributed by atoms with Crippen molar-refractivity contribution in [3.8, 4) is 0 Å². The molecule has 1 N–H and O–H groups in total. The Kier molecular flexibility index (Phi) is 3.76. The Labute approximate surface area is 122 Å². The molecule has 0 amide bonds. The first-order valence-electron chi connectivity index (χ1n) is 6.92. The molecule has 1 heterocycles. The molecule has 20 heavy (non-hydrogen) atoms. The van der Waals surface area contributed by atoms with E-state index in [-0.39, 0.29) is 5.82 Å². The lowest BCUT2D eigenvalue weighted by Gasteiger charge is -2.28. The molecule has 0 spiro atoms. The number of nitrogens with zero attached hydrogens (tertiary/aromatic N) is 1. The van der Waals surface area contributed by atoms with Gasteiger partial charge in [-0.05, 0) is 37.3 Å². The van der Waals surface area contributed by atoms with Crippen LogP contribution in [0.5, 0.6) is 0 Å². The fourth-order valence-corrected chi connectivity index (χ4v) is 3.22. The van der Waals surface area contributed by atoms with Crippen molar-refractivity contribution in [1.29, 1.82) is 0 Å². The Morgan fingerprint density at radius 2 is 2.15 bits per heavy atom. The van der Waals surface area contributed by atoms with Gasteiger partial charge in [0.05, 0.1) is 18.3 Å². The molecule has 106 valence electrons. The maximum atomic E-state index is 14.3. The Bertz CT molecular complexity index is 578. The summed E-state index contributed by atoms with van der Waals surface area (Å²) in [7, 11) is 0. The van der Waals surface area contributed by atoms with Crippen molar-refractivity contribution in [3.05, 3.63) is 52.0 Å². The number of hydrogen-bond acceptors (Lipinski definition) is 3. The van der Waals surface area contributed by atoms with Crippen LogP contribution in [0.15, 0.2) is 35.7 Å². The highest BCUT2D eigenvalue weighted by Gasteiger charge is 2.32. The van der Waals surface area contributed by atoms with Crippen molar-refractivity contribution in [2.24, 2.45) is 0 Å². The SMILES string of the molecule is CC(O)c1cccc(F)c1N(Cc1cccs1)C1CC1. The number of aliphatic hydroxyl groups excluding tert-OH is 1. The molecule has 3 rings (SSSR count). The molecular weight excluding hydrogens is 273 g/mol. The van der Waals surface area contributed by atoms with E-state index in [0.29, 0.717) is 23.8 Å². The second-order valence-corrected chi connectivity index (χ2v) is 6.32. The van der Waals surface area contributed by atoms with Crippen molar-refractivity contribution >= 4 is 17.0 Å². The van der Waals surface area contributed by atoms with Gasteiger partial charge in [0.2, 0.25) is 0 Å². The van der Waals surface area contributed by atoms with Crippen molar-refractivity contribution in [2.45, 2.75) is 38.5 Å². The number of rotatable bonds is 5. The standard InChI is InChI=1S/C16H18FNOS/c1-11(19)14-5-2-6-15(17)16(14)18(12-7-8-12)10-13-4-3-9-20-13/h2-6,9,11-12,19H,7-8,10H2,1H3. The molecule has 1 unspecified atom stereocenters. The molecule has 1 saturated carbocycles. The van der Waals surface area contributed by atoms with Crippen molar-refractivity contribution in [1.82, 2.24) is 0 Å². The minimum atomic E-state index is -0.662. The number of halogens is 1.